The van der Waals surface area contributed by atoms with E-state index in [-0.39, 0.29) is 12.5 Å². The van der Waals surface area contributed by atoms with Crippen LogP contribution in [0.1, 0.15) is 12.5 Å². The van der Waals surface area contributed by atoms with E-state index >= 15 is 0 Å². The molecule has 21 heavy (non-hydrogen) atoms. The molecule has 0 saturated carbocycles. The fourth-order valence-corrected chi connectivity index (χ4v) is 1.89. The zero-order valence-corrected chi connectivity index (χ0v) is 11.6. The van der Waals surface area contributed by atoms with Crippen LogP contribution in [0.25, 0.3) is 0 Å². The molecular weight excluding hydrogens is 271 g/mol. The second-order valence-electron chi connectivity index (χ2n) is 4.72. The molecule has 0 fully saturated rings. The maximum atomic E-state index is 13.1. The number of carbonyl (C=O) groups excluding carboxylic acids is 1. The van der Waals surface area contributed by atoms with Gasteiger partial charge in [0.15, 0.2) is 0 Å². The molecule has 0 aliphatic carbocycles. The van der Waals surface area contributed by atoms with Crippen LogP contribution in [0.3, 0.4) is 0 Å². The molecule has 1 amide bonds. The number of anilines is 2. The van der Waals surface area contributed by atoms with Gasteiger partial charge in [-0.05, 0) is 42.8 Å². The molecule has 0 heterocycles. The highest BCUT2D eigenvalue weighted by Crippen LogP contribution is 2.13. The Hall–Kier alpha value is -2.40. The average Bonchev–Trinajstić information content (AvgIpc) is 2.47. The third-order valence-corrected chi connectivity index (χ3v) is 2.98. The van der Waals surface area contributed by atoms with Gasteiger partial charge in [0.25, 0.3) is 0 Å². The van der Waals surface area contributed by atoms with E-state index in [1.165, 1.54) is 18.2 Å². The standard InChI is InChI=1S/C16H17FN2O2/c1-11(18-14-6-2-4-12(8-14)10-20)16(21)19-15-7-3-5-13(17)9-15/h2-9,11,18,20H,10H2,1H3,(H,19,21). The quantitative estimate of drug-likeness (QED) is 0.793. The van der Waals surface area contributed by atoms with Gasteiger partial charge in [0, 0.05) is 11.4 Å². The molecule has 5 heteroatoms. The molecule has 1 atom stereocenters. The van der Waals surface area contributed by atoms with E-state index in [0.717, 1.165) is 11.3 Å². The minimum atomic E-state index is -0.498. The Bertz CT molecular complexity index is 631. The van der Waals surface area contributed by atoms with Crippen LogP contribution in [-0.4, -0.2) is 17.1 Å². The lowest BCUT2D eigenvalue weighted by atomic mass is 10.2. The number of carbonyl (C=O) groups is 1. The predicted molar refractivity (Wildman–Crippen MR) is 80.5 cm³/mol. The van der Waals surface area contributed by atoms with E-state index in [4.69, 9.17) is 5.11 Å². The summed E-state index contributed by atoms with van der Waals surface area (Å²) in [6, 6.07) is 12.4. The Balaban J connectivity index is 1.99. The summed E-state index contributed by atoms with van der Waals surface area (Å²) in [6.07, 6.45) is 0. The second kappa shape index (κ2) is 6.85. The lowest BCUT2D eigenvalue weighted by Gasteiger charge is -2.16. The summed E-state index contributed by atoms with van der Waals surface area (Å²) in [6.45, 7) is 1.65. The van der Waals surface area contributed by atoms with Gasteiger partial charge in [-0.25, -0.2) is 4.39 Å². The van der Waals surface area contributed by atoms with Gasteiger partial charge in [0.05, 0.1) is 6.61 Å². The van der Waals surface area contributed by atoms with Crippen LogP contribution < -0.4 is 10.6 Å². The van der Waals surface area contributed by atoms with Crippen LogP contribution in [0.15, 0.2) is 48.5 Å². The van der Waals surface area contributed by atoms with E-state index in [2.05, 4.69) is 10.6 Å². The van der Waals surface area contributed by atoms with E-state index in [1.54, 1.807) is 31.2 Å². The summed E-state index contributed by atoms with van der Waals surface area (Å²) in [7, 11) is 0. The Kier molecular flexibility index (Phi) is 4.90. The van der Waals surface area contributed by atoms with Gasteiger partial charge in [0.2, 0.25) is 5.91 Å². The molecule has 0 radical (unpaired) electrons. The molecule has 2 rings (SSSR count). The van der Waals surface area contributed by atoms with E-state index in [0.29, 0.717) is 5.69 Å². The predicted octanol–water partition coefficient (Wildman–Crippen LogP) is 2.76. The summed E-state index contributed by atoms with van der Waals surface area (Å²) < 4.78 is 13.1. The number of nitrogens with one attached hydrogen (secondary N) is 2. The third-order valence-electron chi connectivity index (χ3n) is 2.98. The van der Waals surface area contributed by atoms with Crippen molar-refractivity contribution >= 4 is 17.3 Å². The molecule has 0 spiro atoms. The Labute approximate surface area is 122 Å². The van der Waals surface area contributed by atoms with Gasteiger partial charge >= 0.3 is 0 Å². The zero-order valence-electron chi connectivity index (χ0n) is 11.6. The highest BCUT2D eigenvalue weighted by molar-refractivity contribution is 5.96. The monoisotopic (exact) mass is 288 g/mol. The highest BCUT2D eigenvalue weighted by Gasteiger charge is 2.13. The Morgan fingerprint density at radius 2 is 1.90 bits per heavy atom. The normalized spacial score (nSPS) is 11.8. The highest BCUT2D eigenvalue weighted by atomic mass is 19.1. The van der Waals surface area contributed by atoms with E-state index in [9.17, 15) is 9.18 Å². The van der Waals surface area contributed by atoms with Crippen molar-refractivity contribution in [3.05, 3.63) is 59.9 Å². The van der Waals surface area contributed by atoms with Crippen molar-refractivity contribution in [1.29, 1.82) is 0 Å². The van der Waals surface area contributed by atoms with E-state index in [1.807, 2.05) is 6.07 Å². The molecule has 0 saturated heterocycles. The van der Waals surface area contributed by atoms with Gasteiger partial charge in [-0.1, -0.05) is 18.2 Å². The van der Waals surface area contributed by atoms with Crippen LogP contribution in [-0.2, 0) is 11.4 Å². The van der Waals surface area contributed by atoms with Crippen LogP contribution in [0, 0.1) is 5.82 Å². The molecule has 2 aromatic rings. The first kappa shape index (κ1) is 15.0. The number of amides is 1. The number of hydrogen-bond acceptors (Lipinski definition) is 3. The first-order valence-electron chi connectivity index (χ1n) is 6.61. The number of rotatable bonds is 5. The van der Waals surface area contributed by atoms with Gasteiger partial charge in [-0.15, -0.1) is 0 Å². The minimum absolute atomic E-state index is 0.0562. The summed E-state index contributed by atoms with van der Waals surface area (Å²) in [5, 5.41) is 14.8. The van der Waals surface area contributed by atoms with Gasteiger partial charge in [-0.2, -0.15) is 0 Å². The molecule has 0 aliphatic heterocycles. The van der Waals surface area contributed by atoms with Crippen LogP contribution in [0.2, 0.25) is 0 Å². The Morgan fingerprint density at radius 3 is 2.62 bits per heavy atom. The molecule has 3 N–H and O–H groups in total. The zero-order chi connectivity index (χ0) is 15.2. The number of halogens is 1. The summed E-state index contributed by atoms with van der Waals surface area (Å²) >= 11 is 0. The molecule has 0 aliphatic rings. The summed E-state index contributed by atoms with van der Waals surface area (Å²) in [4.78, 5) is 12.0. The van der Waals surface area contributed by atoms with Crippen LogP contribution in [0.4, 0.5) is 15.8 Å². The topological polar surface area (TPSA) is 61.4 Å². The van der Waals surface area contributed by atoms with Gasteiger partial charge in [-0.3, -0.25) is 4.79 Å². The molecule has 0 aromatic heterocycles. The molecule has 110 valence electrons. The molecule has 1 unspecified atom stereocenters. The fourth-order valence-electron chi connectivity index (χ4n) is 1.89. The van der Waals surface area contributed by atoms with Crippen LogP contribution in [0.5, 0.6) is 0 Å². The van der Waals surface area contributed by atoms with Crippen LogP contribution >= 0.6 is 0 Å². The summed E-state index contributed by atoms with van der Waals surface area (Å²) in [5.41, 5.74) is 1.92. The maximum Gasteiger partial charge on any atom is 0.246 e. The number of aliphatic hydroxyl groups is 1. The lowest BCUT2D eigenvalue weighted by molar-refractivity contribution is -0.116. The lowest BCUT2D eigenvalue weighted by Crippen LogP contribution is -2.31. The van der Waals surface area contributed by atoms with Crippen molar-refractivity contribution in [2.75, 3.05) is 10.6 Å². The first-order valence-corrected chi connectivity index (χ1v) is 6.61. The molecule has 2 aromatic carbocycles. The number of benzene rings is 2. The maximum absolute atomic E-state index is 13.1. The van der Waals surface area contributed by atoms with Crippen molar-refractivity contribution in [2.24, 2.45) is 0 Å². The first-order chi connectivity index (χ1) is 10.1. The largest absolute Gasteiger partial charge is 0.392 e. The van der Waals surface area contributed by atoms with Gasteiger partial charge in [0.1, 0.15) is 11.9 Å². The van der Waals surface area contributed by atoms with E-state index < -0.39 is 11.9 Å². The second-order valence-corrected chi connectivity index (χ2v) is 4.72. The Morgan fingerprint density at radius 1 is 1.19 bits per heavy atom. The van der Waals surface area contributed by atoms with Crippen molar-refractivity contribution in [3.8, 4) is 0 Å². The van der Waals surface area contributed by atoms with Crippen molar-refractivity contribution in [2.45, 2.75) is 19.6 Å². The number of hydrogen-bond donors (Lipinski definition) is 3. The number of aliphatic hydroxyl groups excluding tert-OH is 1. The third kappa shape index (κ3) is 4.29. The smallest absolute Gasteiger partial charge is 0.246 e. The van der Waals surface area contributed by atoms with Crippen molar-refractivity contribution in [3.63, 3.8) is 0 Å². The molecule has 0 bridgehead atoms. The van der Waals surface area contributed by atoms with Crippen molar-refractivity contribution in [1.82, 2.24) is 0 Å². The average molecular weight is 288 g/mol. The van der Waals surface area contributed by atoms with Gasteiger partial charge < -0.3 is 15.7 Å². The minimum Gasteiger partial charge on any atom is -0.392 e. The van der Waals surface area contributed by atoms with Crippen molar-refractivity contribution < 1.29 is 14.3 Å². The SMILES string of the molecule is CC(Nc1cccc(CO)c1)C(=O)Nc1cccc(F)c1. The molecule has 4 nitrogen and oxygen atoms in total. The molecular formula is C16H17FN2O2. The summed E-state index contributed by atoms with van der Waals surface area (Å²) in [5.74, 6) is -0.668. The fraction of sp³-hybridized carbons (Fsp3) is 0.188.